The molecule has 3 saturated heterocycles. The van der Waals surface area contributed by atoms with Crippen molar-refractivity contribution in [3.8, 4) is 0 Å². The molecule has 0 aromatic rings. The predicted molar refractivity (Wildman–Crippen MR) is 89.4 cm³/mol. The van der Waals surface area contributed by atoms with Crippen molar-refractivity contribution >= 4 is 11.8 Å². The van der Waals surface area contributed by atoms with Crippen LogP contribution in [0.1, 0.15) is 46.5 Å². The van der Waals surface area contributed by atoms with Crippen LogP contribution in [0.5, 0.6) is 0 Å². The van der Waals surface area contributed by atoms with Crippen molar-refractivity contribution in [1.82, 2.24) is 10.2 Å². The number of hydrogen-bond acceptors (Lipinski definition) is 6. The van der Waals surface area contributed by atoms with E-state index in [1.807, 2.05) is 20.8 Å². The van der Waals surface area contributed by atoms with Crippen LogP contribution in [-0.2, 0) is 23.8 Å². The zero-order valence-corrected chi connectivity index (χ0v) is 15.3. The summed E-state index contributed by atoms with van der Waals surface area (Å²) in [5, 5.41) is 2.68. The van der Waals surface area contributed by atoms with E-state index in [1.165, 1.54) is 0 Å². The van der Waals surface area contributed by atoms with Crippen LogP contribution in [0.2, 0.25) is 0 Å². The Morgan fingerprint density at radius 3 is 2.60 bits per heavy atom. The first kappa shape index (κ1) is 18.6. The second-order valence-electron chi connectivity index (χ2n) is 8.04. The Bertz CT molecular complexity index is 540. The number of likely N-dealkylation sites (tertiary alicyclic amines) is 1. The first-order chi connectivity index (χ1) is 11.6. The number of ether oxygens (including phenoxy) is 3. The van der Waals surface area contributed by atoms with E-state index in [2.05, 4.69) is 5.32 Å². The highest BCUT2D eigenvalue weighted by atomic mass is 16.8. The van der Waals surface area contributed by atoms with Gasteiger partial charge in [0.25, 0.3) is 0 Å². The van der Waals surface area contributed by atoms with Crippen LogP contribution in [-0.4, -0.2) is 66.2 Å². The van der Waals surface area contributed by atoms with Gasteiger partial charge in [-0.2, -0.15) is 0 Å². The fourth-order valence-corrected chi connectivity index (χ4v) is 3.70. The quantitative estimate of drug-likeness (QED) is 0.681. The first-order valence-corrected chi connectivity index (χ1v) is 9.00. The fourth-order valence-electron chi connectivity index (χ4n) is 3.70. The summed E-state index contributed by atoms with van der Waals surface area (Å²) in [6.45, 7) is 7.23. The normalized spacial score (nSPS) is 33.6. The van der Waals surface area contributed by atoms with Gasteiger partial charge in [-0.1, -0.05) is 0 Å². The minimum absolute atomic E-state index is 0.0914. The molecule has 3 rings (SSSR count). The summed E-state index contributed by atoms with van der Waals surface area (Å²) in [5.74, 6) is -2.97. The molecule has 1 unspecified atom stereocenters. The number of nitrogens with one attached hydrogen (secondary N) is 1. The number of fused-ring (bicyclic) bond motifs is 1. The second-order valence-corrected chi connectivity index (χ2v) is 8.04. The van der Waals surface area contributed by atoms with Crippen LogP contribution < -0.4 is 11.1 Å². The molecule has 8 nitrogen and oxygen atoms in total. The Kier molecular flexibility index (Phi) is 4.83. The van der Waals surface area contributed by atoms with E-state index < -0.39 is 23.4 Å². The Labute approximate surface area is 148 Å². The maximum absolute atomic E-state index is 12.4. The molecule has 25 heavy (non-hydrogen) atoms. The molecule has 2 amide bonds. The average Bonchev–Trinajstić information content (AvgIpc) is 2.82. The molecule has 8 heteroatoms. The van der Waals surface area contributed by atoms with Gasteiger partial charge in [-0.05, 0) is 46.5 Å². The maximum atomic E-state index is 12.4. The highest BCUT2D eigenvalue weighted by Gasteiger charge is 2.56. The molecular formula is C17H29N3O5. The Hall–Kier alpha value is -1.22. The molecular weight excluding hydrogens is 326 g/mol. The Balaban J connectivity index is 1.57. The van der Waals surface area contributed by atoms with Gasteiger partial charge < -0.3 is 30.2 Å². The Morgan fingerprint density at radius 2 is 1.92 bits per heavy atom. The van der Waals surface area contributed by atoms with Crippen LogP contribution in [0.4, 0.5) is 0 Å². The summed E-state index contributed by atoms with van der Waals surface area (Å²) in [6.07, 6.45) is 2.80. The zero-order chi connectivity index (χ0) is 18.3. The fraction of sp³-hybridized carbons (Fsp3) is 0.882. The van der Waals surface area contributed by atoms with Crippen molar-refractivity contribution in [2.24, 2.45) is 5.73 Å². The standard InChI is InChI=1S/C17H29N3O5/c1-15(2)24-12-5-4-10-23-17(12,25-15)11-19-13(21)14(22)20-8-6-16(3,18)7-9-20/h12H,4-11,18H2,1-3H3,(H,19,21)/t12?,17-/m0/s1. The van der Waals surface area contributed by atoms with E-state index in [0.717, 1.165) is 12.8 Å². The third kappa shape index (κ3) is 3.97. The van der Waals surface area contributed by atoms with Gasteiger partial charge in [0.05, 0.1) is 13.2 Å². The topological polar surface area (TPSA) is 103 Å². The van der Waals surface area contributed by atoms with Crippen molar-refractivity contribution in [3.63, 3.8) is 0 Å². The van der Waals surface area contributed by atoms with Gasteiger partial charge in [0.2, 0.25) is 5.79 Å². The number of nitrogens with zero attached hydrogens (tertiary/aromatic N) is 1. The number of hydrogen-bond donors (Lipinski definition) is 2. The van der Waals surface area contributed by atoms with Gasteiger partial charge in [-0.3, -0.25) is 9.59 Å². The molecule has 142 valence electrons. The number of amides is 2. The van der Waals surface area contributed by atoms with E-state index in [4.69, 9.17) is 19.9 Å². The minimum Gasteiger partial charge on any atom is -0.346 e. The van der Waals surface area contributed by atoms with E-state index in [1.54, 1.807) is 4.90 Å². The van der Waals surface area contributed by atoms with Crippen LogP contribution in [0.3, 0.4) is 0 Å². The molecule has 0 radical (unpaired) electrons. The number of carbonyl (C=O) groups is 2. The first-order valence-electron chi connectivity index (χ1n) is 9.00. The highest BCUT2D eigenvalue weighted by Crippen LogP contribution is 2.41. The number of piperidine rings is 1. The third-order valence-corrected chi connectivity index (χ3v) is 5.17. The molecule has 0 spiro atoms. The van der Waals surface area contributed by atoms with Crippen LogP contribution in [0, 0.1) is 0 Å². The zero-order valence-electron chi connectivity index (χ0n) is 15.3. The lowest BCUT2D eigenvalue weighted by atomic mass is 9.91. The lowest BCUT2D eigenvalue weighted by Gasteiger charge is -2.37. The summed E-state index contributed by atoms with van der Waals surface area (Å²) >= 11 is 0. The lowest BCUT2D eigenvalue weighted by molar-refractivity contribution is -0.260. The van der Waals surface area contributed by atoms with Crippen molar-refractivity contribution in [2.45, 2.75) is 69.7 Å². The summed E-state index contributed by atoms with van der Waals surface area (Å²) in [4.78, 5) is 26.2. The molecule has 0 aromatic carbocycles. The molecule has 3 aliphatic rings. The molecule has 0 bridgehead atoms. The molecule has 3 N–H and O–H groups in total. The van der Waals surface area contributed by atoms with Gasteiger partial charge in [0.15, 0.2) is 5.79 Å². The lowest BCUT2D eigenvalue weighted by Crippen LogP contribution is -2.57. The molecule has 3 aliphatic heterocycles. The van der Waals surface area contributed by atoms with Gasteiger partial charge >= 0.3 is 11.8 Å². The van der Waals surface area contributed by atoms with Gasteiger partial charge in [0.1, 0.15) is 6.10 Å². The van der Waals surface area contributed by atoms with Crippen LogP contribution in [0.15, 0.2) is 0 Å². The molecule has 0 saturated carbocycles. The largest absolute Gasteiger partial charge is 0.346 e. The van der Waals surface area contributed by atoms with Crippen molar-refractivity contribution in [1.29, 1.82) is 0 Å². The summed E-state index contributed by atoms with van der Waals surface area (Å²) in [6, 6.07) is 0. The van der Waals surface area contributed by atoms with Crippen molar-refractivity contribution in [2.75, 3.05) is 26.2 Å². The van der Waals surface area contributed by atoms with Crippen LogP contribution >= 0.6 is 0 Å². The van der Waals surface area contributed by atoms with E-state index in [-0.39, 0.29) is 18.2 Å². The molecule has 3 heterocycles. The predicted octanol–water partition coefficient (Wildman–Crippen LogP) is 0.101. The van der Waals surface area contributed by atoms with Gasteiger partial charge in [-0.15, -0.1) is 0 Å². The molecule has 0 aromatic heterocycles. The Morgan fingerprint density at radius 1 is 1.24 bits per heavy atom. The van der Waals surface area contributed by atoms with E-state index in [9.17, 15) is 9.59 Å². The SMILES string of the molecule is CC1(N)CCN(C(=O)C(=O)NC[C@@]23OCCCC2OC(C)(C)O3)CC1. The highest BCUT2D eigenvalue weighted by molar-refractivity contribution is 6.35. The third-order valence-electron chi connectivity index (χ3n) is 5.17. The average molecular weight is 355 g/mol. The van der Waals surface area contributed by atoms with E-state index in [0.29, 0.717) is 32.5 Å². The van der Waals surface area contributed by atoms with Gasteiger partial charge in [-0.25, -0.2) is 0 Å². The molecule has 3 fully saturated rings. The number of carbonyl (C=O) groups excluding carboxylic acids is 2. The van der Waals surface area contributed by atoms with Crippen LogP contribution in [0.25, 0.3) is 0 Å². The number of nitrogens with two attached hydrogens (primary N) is 1. The molecule has 2 atom stereocenters. The van der Waals surface area contributed by atoms with Crippen molar-refractivity contribution in [3.05, 3.63) is 0 Å². The summed E-state index contributed by atoms with van der Waals surface area (Å²) < 4.78 is 17.6. The maximum Gasteiger partial charge on any atom is 0.311 e. The minimum atomic E-state index is -1.02. The van der Waals surface area contributed by atoms with Gasteiger partial charge in [0, 0.05) is 18.6 Å². The molecule has 0 aliphatic carbocycles. The summed E-state index contributed by atoms with van der Waals surface area (Å²) in [7, 11) is 0. The van der Waals surface area contributed by atoms with Crippen molar-refractivity contribution < 1.29 is 23.8 Å². The monoisotopic (exact) mass is 355 g/mol. The summed E-state index contributed by atoms with van der Waals surface area (Å²) in [5.41, 5.74) is 5.80. The van der Waals surface area contributed by atoms with E-state index >= 15 is 0 Å². The second kappa shape index (κ2) is 6.50. The number of rotatable bonds is 2. The smallest absolute Gasteiger partial charge is 0.311 e.